The maximum absolute atomic E-state index is 4.22. The van der Waals surface area contributed by atoms with E-state index in [-0.39, 0.29) is 0 Å². The van der Waals surface area contributed by atoms with E-state index in [4.69, 9.17) is 0 Å². The minimum absolute atomic E-state index is 1.05. The van der Waals surface area contributed by atoms with E-state index >= 15 is 0 Å². The van der Waals surface area contributed by atoms with Crippen molar-refractivity contribution in [2.24, 2.45) is 0 Å². The standard InChI is InChI=1S/C12H15N/c1-5-6-9(2)12-7-8-13-11(4)10(12)3/h5-8H,2H2,1,3-4H3. The predicted molar refractivity (Wildman–Crippen MR) is 57.6 cm³/mol. The van der Waals surface area contributed by atoms with Gasteiger partial charge in [0.15, 0.2) is 0 Å². The van der Waals surface area contributed by atoms with E-state index in [2.05, 4.69) is 18.5 Å². The van der Waals surface area contributed by atoms with Gasteiger partial charge in [-0.3, -0.25) is 4.98 Å². The third kappa shape index (κ3) is 2.05. The first-order chi connectivity index (χ1) is 6.16. The number of nitrogens with zero attached hydrogens (tertiary/aromatic N) is 1. The number of allylic oxidation sites excluding steroid dienone is 3. The number of aromatic nitrogens is 1. The van der Waals surface area contributed by atoms with Crippen LogP contribution in [0.2, 0.25) is 0 Å². The quantitative estimate of drug-likeness (QED) is 0.625. The largest absolute Gasteiger partial charge is 0.261 e. The van der Waals surface area contributed by atoms with Gasteiger partial charge >= 0.3 is 0 Å². The SMILES string of the molecule is C=C(C=CC)c1ccnc(C)c1C. The summed E-state index contributed by atoms with van der Waals surface area (Å²) in [4.78, 5) is 4.22. The molecule has 0 saturated carbocycles. The summed E-state index contributed by atoms with van der Waals surface area (Å²) in [5.74, 6) is 0. The lowest BCUT2D eigenvalue weighted by molar-refractivity contribution is 1.14. The minimum Gasteiger partial charge on any atom is -0.261 e. The highest BCUT2D eigenvalue weighted by atomic mass is 14.7. The minimum atomic E-state index is 1.05. The van der Waals surface area contributed by atoms with Crippen molar-refractivity contribution >= 4 is 5.57 Å². The molecule has 0 saturated heterocycles. The highest BCUT2D eigenvalue weighted by Gasteiger charge is 2.02. The lowest BCUT2D eigenvalue weighted by atomic mass is 10.0. The summed E-state index contributed by atoms with van der Waals surface area (Å²) in [6, 6.07) is 2.00. The summed E-state index contributed by atoms with van der Waals surface area (Å²) in [5, 5.41) is 0. The average molecular weight is 173 g/mol. The van der Waals surface area contributed by atoms with Crippen molar-refractivity contribution < 1.29 is 0 Å². The molecule has 0 bridgehead atoms. The fraction of sp³-hybridized carbons (Fsp3) is 0.250. The zero-order chi connectivity index (χ0) is 9.84. The molecule has 1 rings (SSSR count). The molecule has 0 unspecified atom stereocenters. The van der Waals surface area contributed by atoms with Crippen LogP contribution in [0, 0.1) is 13.8 Å². The maximum Gasteiger partial charge on any atom is 0.0407 e. The molecule has 0 spiro atoms. The lowest BCUT2D eigenvalue weighted by Gasteiger charge is -2.06. The molecule has 0 radical (unpaired) electrons. The Labute approximate surface area is 79.8 Å². The number of rotatable bonds is 2. The second kappa shape index (κ2) is 4.04. The van der Waals surface area contributed by atoms with Crippen LogP contribution in [0.5, 0.6) is 0 Å². The van der Waals surface area contributed by atoms with Crippen molar-refractivity contribution in [1.29, 1.82) is 0 Å². The Morgan fingerprint density at radius 2 is 2.15 bits per heavy atom. The highest BCUT2D eigenvalue weighted by molar-refractivity contribution is 5.74. The molecule has 1 aromatic heterocycles. The van der Waals surface area contributed by atoms with E-state index in [0.29, 0.717) is 0 Å². The second-order valence-corrected chi connectivity index (χ2v) is 3.09. The van der Waals surface area contributed by atoms with Crippen LogP contribution in [0.1, 0.15) is 23.7 Å². The first-order valence-electron chi connectivity index (χ1n) is 4.41. The normalized spacial score (nSPS) is 10.7. The number of hydrogen-bond acceptors (Lipinski definition) is 1. The van der Waals surface area contributed by atoms with Gasteiger partial charge < -0.3 is 0 Å². The van der Waals surface area contributed by atoms with Gasteiger partial charge in [0.25, 0.3) is 0 Å². The summed E-state index contributed by atoms with van der Waals surface area (Å²) in [5.41, 5.74) is 4.52. The summed E-state index contributed by atoms with van der Waals surface area (Å²) >= 11 is 0. The summed E-state index contributed by atoms with van der Waals surface area (Å²) in [6.07, 6.45) is 5.84. The van der Waals surface area contributed by atoms with E-state index in [1.54, 1.807) is 0 Å². The van der Waals surface area contributed by atoms with E-state index < -0.39 is 0 Å². The van der Waals surface area contributed by atoms with Crippen LogP contribution in [0.15, 0.2) is 31.0 Å². The Balaban J connectivity index is 3.15. The second-order valence-electron chi connectivity index (χ2n) is 3.09. The van der Waals surface area contributed by atoms with Crippen molar-refractivity contribution in [3.8, 4) is 0 Å². The molecule has 1 heterocycles. The van der Waals surface area contributed by atoms with Gasteiger partial charge in [-0.25, -0.2) is 0 Å². The summed E-state index contributed by atoms with van der Waals surface area (Å²) in [7, 11) is 0. The summed E-state index contributed by atoms with van der Waals surface area (Å²) in [6.45, 7) is 10.1. The fourth-order valence-electron chi connectivity index (χ4n) is 1.28. The van der Waals surface area contributed by atoms with Crippen LogP contribution < -0.4 is 0 Å². The van der Waals surface area contributed by atoms with Gasteiger partial charge in [0.1, 0.15) is 0 Å². The van der Waals surface area contributed by atoms with Gasteiger partial charge in [-0.05, 0) is 43.5 Å². The van der Waals surface area contributed by atoms with Gasteiger partial charge in [0.2, 0.25) is 0 Å². The molecular formula is C12H15N. The topological polar surface area (TPSA) is 12.9 Å². The van der Waals surface area contributed by atoms with Crippen molar-refractivity contribution in [2.75, 3.05) is 0 Å². The van der Waals surface area contributed by atoms with Gasteiger partial charge in [0, 0.05) is 11.9 Å². The van der Waals surface area contributed by atoms with E-state index in [1.165, 1.54) is 11.1 Å². The molecule has 0 aromatic carbocycles. The third-order valence-electron chi connectivity index (χ3n) is 2.17. The van der Waals surface area contributed by atoms with Crippen LogP contribution in [0.3, 0.4) is 0 Å². The predicted octanol–water partition coefficient (Wildman–Crippen LogP) is 3.29. The van der Waals surface area contributed by atoms with E-state index in [1.807, 2.05) is 38.3 Å². The molecular weight excluding hydrogens is 158 g/mol. The van der Waals surface area contributed by atoms with E-state index in [0.717, 1.165) is 11.3 Å². The van der Waals surface area contributed by atoms with Crippen LogP contribution in [0.4, 0.5) is 0 Å². The van der Waals surface area contributed by atoms with Crippen molar-refractivity contribution in [2.45, 2.75) is 20.8 Å². The molecule has 0 aliphatic heterocycles. The first-order valence-corrected chi connectivity index (χ1v) is 4.41. The average Bonchev–Trinajstić information content (AvgIpc) is 2.10. The zero-order valence-corrected chi connectivity index (χ0v) is 8.46. The van der Waals surface area contributed by atoms with Crippen LogP contribution in [0.25, 0.3) is 5.57 Å². The Bertz CT molecular complexity index is 348. The van der Waals surface area contributed by atoms with Gasteiger partial charge in [-0.15, -0.1) is 0 Å². The highest BCUT2D eigenvalue weighted by Crippen LogP contribution is 2.19. The van der Waals surface area contributed by atoms with Crippen molar-refractivity contribution in [3.63, 3.8) is 0 Å². The molecule has 13 heavy (non-hydrogen) atoms. The van der Waals surface area contributed by atoms with Crippen molar-refractivity contribution in [3.05, 3.63) is 47.8 Å². The summed E-state index contributed by atoms with van der Waals surface area (Å²) < 4.78 is 0. The number of hydrogen-bond donors (Lipinski definition) is 0. The van der Waals surface area contributed by atoms with Crippen LogP contribution >= 0.6 is 0 Å². The molecule has 0 fully saturated rings. The molecule has 0 aliphatic rings. The zero-order valence-electron chi connectivity index (χ0n) is 8.46. The fourth-order valence-corrected chi connectivity index (χ4v) is 1.28. The van der Waals surface area contributed by atoms with Crippen molar-refractivity contribution in [1.82, 2.24) is 4.98 Å². The molecule has 0 aliphatic carbocycles. The van der Waals surface area contributed by atoms with Gasteiger partial charge in [0.05, 0.1) is 0 Å². The molecule has 0 atom stereocenters. The molecule has 1 heteroatoms. The lowest BCUT2D eigenvalue weighted by Crippen LogP contribution is -1.91. The number of aryl methyl sites for hydroxylation is 1. The molecule has 1 nitrogen and oxygen atoms in total. The Morgan fingerprint density at radius 3 is 2.77 bits per heavy atom. The molecule has 68 valence electrons. The molecule has 0 amide bonds. The maximum atomic E-state index is 4.22. The Kier molecular flexibility index (Phi) is 3.02. The first kappa shape index (κ1) is 9.72. The Morgan fingerprint density at radius 1 is 1.46 bits per heavy atom. The smallest absolute Gasteiger partial charge is 0.0407 e. The van der Waals surface area contributed by atoms with Gasteiger partial charge in [-0.2, -0.15) is 0 Å². The Hall–Kier alpha value is -1.37. The third-order valence-corrected chi connectivity index (χ3v) is 2.17. The van der Waals surface area contributed by atoms with Crippen LogP contribution in [-0.2, 0) is 0 Å². The van der Waals surface area contributed by atoms with Crippen LogP contribution in [-0.4, -0.2) is 4.98 Å². The number of pyridine rings is 1. The van der Waals surface area contributed by atoms with E-state index in [9.17, 15) is 0 Å². The monoisotopic (exact) mass is 173 g/mol. The van der Waals surface area contributed by atoms with Gasteiger partial charge in [-0.1, -0.05) is 18.7 Å². The molecule has 1 aromatic rings. The molecule has 0 N–H and O–H groups in total.